The third-order valence-corrected chi connectivity index (χ3v) is 8.38. The van der Waals surface area contributed by atoms with Crippen LogP contribution in [-0.2, 0) is 27.1 Å². The number of aryl methyl sites for hydroxylation is 2. The molecule has 0 aromatic heterocycles. The lowest BCUT2D eigenvalue weighted by atomic mass is 9.92. The van der Waals surface area contributed by atoms with E-state index < -0.39 is 15.6 Å². The summed E-state index contributed by atoms with van der Waals surface area (Å²) >= 11 is 0. The lowest BCUT2D eigenvalue weighted by molar-refractivity contribution is 0.0172. The van der Waals surface area contributed by atoms with E-state index in [-0.39, 0.29) is 11.8 Å². The number of piperidine rings is 1. The maximum Gasteiger partial charge on any atom is 0.410 e. The standard InChI is InChI=1S/C25H32N2O6S/c1-18-11-19(2)13-20(12-18)15-26-17-25(33-24(26)28)7-9-27(10-8-25)34(29,30)16-21-14-22(31-3)5-6-23(21)32-4/h5-6,11-14H,7-10,15-17H2,1-4H3. The van der Waals surface area contributed by atoms with Crippen molar-refractivity contribution in [3.8, 4) is 11.5 Å². The molecule has 4 rings (SSSR count). The molecule has 1 spiro atoms. The molecule has 9 heteroatoms. The van der Waals surface area contributed by atoms with Gasteiger partial charge < -0.3 is 14.2 Å². The number of hydrogen-bond donors (Lipinski definition) is 0. The number of benzene rings is 2. The Hall–Kier alpha value is -2.78. The summed E-state index contributed by atoms with van der Waals surface area (Å²) in [5, 5.41) is 0. The van der Waals surface area contributed by atoms with E-state index in [1.807, 2.05) is 13.8 Å². The Labute approximate surface area is 201 Å². The number of carbonyl (C=O) groups excluding carboxylic acids is 1. The van der Waals surface area contributed by atoms with Gasteiger partial charge in [-0.1, -0.05) is 29.3 Å². The van der Waals surface area contributed by atoms with Crippen LogP contribution < -0.4 is 9.47 Å². The second-order valence-corrected chi connectivity index (χ2v) is 11.2. The normalized spacial score (nSPS) is 18.2. The molecule has 0 radical (unpaired) electrons. The zero-order valence-electron chi connectivity index (χ0n) is 20.2. The fraction of sp³-hybridized carbons (Fsp3) is 0.480. The summed E-state index contributed by atoms with van der Waals surface area (Å²) in [6, 6.07) is 11.4. The predicted molar refractivity (Wildman–Crippen MR) is 129 cm³/mol. The van der Waals surface area contributed by atoms with E-state index in [2.05, 4.69) is 18.2 Å². The van der Waals surface area contributed by atoms with Crippen LogP contribution >= 0.6 is 0 Å². The molecule has 0 atom stereocenters. The maximum atomic E-state index is 13.2. The number of amides is 1. The van der Waals surface area contributed by atoms with E-state index in [4.69, 9.17) is 14.2 Å². The quantitative estimate of drug-likeness (QED) is 0.592. The first-order valence-corrected chi connectivity index (χ1v) is 13.0. The fourth-order valence-corrected chi connectivity index (χ4v) is 6.45. The molecule has 1 amide bonds. The van der Waals surface area contributed by atoms with Crippen molar-refractivity contribution in [3.63, 3.8) is 0 Å². The number of nitrogens with zero attached hydrogens (tertiary/aromatic N) is 2. The van der Waals surface area contributed by atoms with Gasteiger partial charge in [0, 0.05) is 38.0 Å². The Morgan fingerprint density at radius 2 is 1.68 bits per heavy atom. The minimum atomic E-state index is -3.58. The monoisotopic (exact) mass is 488 g/mol. The molecule has 2 heterocycles. The average Bonchev–Trinajstić information content (AvgIpc) is 3.07. The van der Waals surface area contributed by atoms with Crippen molar-refractivity contribution in [1.29, 1.82) is 0 Å². The highest BCUT2D eigenvalue weighted by molar-refractivity contribution is 7.88. The molecule has 184 valence electrons. The highest BCUT2D eigenvalue weighted by atomic mass is 32.2. The fourth-order valence-electron chi connectivity index (χ4n) is 4.91. The molecule has 0 saturated carbocycles. The van der Waals surface area contributed by atoms with E-state index in [0.29, 0.717) is 56.1 Å². The topological polar surface area (TPSA) is 85.4 Å². The number of rotatable bonds is 7. The molecular formula is C25H32N2O6S. The highest BCUT2D eigenvalue weighted by Crippen LogP contribution is 2.36. The molecule has 0 bridgehead atoms. The minimum absolute atomic E-state index is 0.182. The molecular weight excluding hydrogens is 456 g/mol. The van der Waals surface area contributed by atoms with Gasteiger partial charge in [-0.15, -0.1) is 0 Å². The second kappa shape index (κ2) is 9.46. The number of ether oxygens (including phenoxy) is 3. The summed E-state index contributed by atoms with van der Waals surface area (Å²) in [7, 11) is -0.529. The van der Waals surface area contributed by atoms with E-state index in [9.17, 15) is 13.2 Å². The zero-order valence-corrected chi connectivity index (χ0v) is 21.0. The van der Waals surface area contributed by atoms with Crippen molar-refractivity contribution < 1.29 is 27.4 Å². The van der Waals surface area contributed by atoms with Crippen LogP contribution in [-0.4, -0.2) is 63.2 Å². The molecule has 8 nitrogen and oxygen atoms in total. The van der Waals surface area contributed by atoms with E-state index in [0.717, 1.165) is 16.7 Å². The molecule has 2 aromatic rings. The maximum absolute atomic E-state index is 13.2. The van der Waals surface area contributed by atoms with Crippen molar-refractivity contribution >= 4 is 16.1 Å². The first-order valence-electron chi connectivity index (χ1n) is 11.4. The lowest BCUT2D eigenvalue weighted by Gasteiger charge is -2.36. The van der Waals surface area contributed by atoms with Gasteiger partial charge in [0.1, 0.15) is 17.1 Å². The predicted octanol–water partition coefficient (Wildman–Crippen LogP) is 3.64. The van der Waals surface area contributed by atoms with Crippen LogP contribution in [0.5, 0.6) is 11.5 Å². The zero-order chi connectivity index (χ0) is 24.5. The molecule has 0 aliphatic carbocycles. The van der Waals surface area contributed by atoms with Gasteiger partial charge >= 0.3 is 6.09 Å². The van der Waals surface area contributed by atoms with Crippen LogP contribution in [0.3, 0.4) is 0 Å². The summed E-state index contributed by atoms with van der Waals surface area (Å²) in [5.41, 5.74) is 3.29. The number of sulfonamides is 1. The van der Waals surface area contributed by atoms with Crippen molar-refractivity contribution in [2.75, 3.05) is 33.9 Å². The summed E-state index contributed by atoms with van der Waals surface area (Å²) < 4.78 is 44.2. The van der Waals surface area contributed by atoms with E-state index >= 15 is 0 Å². The Morgan fingerprint density at radius 1 is 1.00 bits per heavy atom. The van der Waals surface area contributed by atoms with Crippen LogP contribution in [0.4, 0.5) is 4.79 Å². The average molecular weight is 489 g/mol. The highest BCUT2D eigenvalue weighted by Gasteiger charge is 2.48. The second-order valence-electron chi connectivity index (χ2n) is 9.24. The number of carbonyl (C=O) groups is 1. The molecule has 0 N–H and O–H groups in total. The Balaban J connectivity index is 1.41. The van der Waals surface area contributed by atoms with Crippen molar-refractivity contribution in [2.24, 2.45) is 0 Å². The summed E-state index contributed by atoms with van der Waals surface area (Å²) in [6.45, 7) is 5.64. The van der Waals surface area contributed by atoms with Gasteiger partial charge in [0.2, 0.25) is 10.0 Å². The van der Waals surface area contributed by atoms with Crippen molar-refractivity contribution in [1.82, 2.24) is 9.21 Å². The summed E-state index contributed by atoms with van der Waals surface area (Å²) in [5.74, 6) is 0.897. The SMILES string of the molecule is COc1ccc(OC)c(CS(=O)(=O)N2CCC3(CC2)CN(Cc2cc(C)cc(C)c2)C(=O)O3)c1. The first kappa shape index (κ1) is 24.3. The van der Waals surface area contributed by atoms with Gasteiger partial charge in [-0.3, -0.25) is 4.90 Å². The molecule has 2 fully saturated rings. The Kier molecular flexibility index (Phi) is 6.78. The Bertz CT molecular complexity index is 1150. The third kappa shape index (κ3) is 5.15. The number of hydrogen-bond acceptors (Lipinski definition) is 6. The largest absolute Gasteiger partial charge is 0.497 e. The summed E-state index contributed by atoms with van der Waals surface area (Å²) in [4.78, 5) is 14.3. The third-order valence-electron chi connectivity index (χ3n) is 6.55. The smallest absolute Gasteiger partial charge is 0.410 e. The van der Waals surface area contributed by atoms with Gasteiger partial charge in [0.15, 0.2) is 0 Å². The van der Waals surface area contributed by atoms with Crippen LogP contribution in [0.1, 0.15) is 35.1 Å². The van der Waals surface area contributed by atoms with Gasteiger partial charge in [-0.05, 0) is 37.6 Å². The van der Waals surface area contributed by atoms with Gasteiger partial charge in [0.25, 0.3) is 0 Å². The van der Waals surface area contributed by atoms with Gasteiger partial charge in [0.05, 0.1) is 26.5 Å². The minimum Gasteiger partial charge on any atom is -0.497 e. The van der Waals surface area contributed by atoms with Crippen LogP contribution in [0, 0.1) is 13.8 Å². The van der Waals surface area contributed by atoms with Crippen molar-refractivity contribution in [3.05, 3.63) is 58.7 Å². The molecule has 2 aliphatic heterocycles. The summed E-state index contributed by atoms with van der Waals surface area (Å²) in [6.07, 6.45) is 0.601. The van der Waals surface area contributed by atoms with E-state index in [1.165, 1.54) is 18.5 Å². The van der Waals surface area contributed by atoms with Crippen LogP contribution in [0.2, 0.25) is 0 Å². The number of methoxy groups -OCH3 is 2. The van der Waals surface area contributed by atoms with Crippen LogP contribution in [0.15, 0.2) is 36.4 Å². The van der Waals surface area contributed by atoms with E-state index in [1.54, 1.807) is 23.1 Å². The Morgan fingerprint density at radius 3 is 2.29 bits per heavy atom. The molecule has 2 aliphatic rings. The van der Waals surface area contributed by atoms with Gasteiger partial charge in [-0.2, -0.15) is 0 Å². The van der Waals surface area contributed by atoms with Crippen LogP contribution in [0.25, 0.3) is 0 Å². The van der Waals surface area contributed by atoms with Gasteiger partial charge in [-0.25, -0.2) is 17.5 Å². The lowest BCUT2D eigenvalue weighted by Crippen LogP contribution is -2.48. The molecule has 2 saturated heterocycles. The molecule has 0 unspecified atom stereocenters. The first-order chi connectivity index (χ1) is 16.1. The molecule has 34 heavy (non-hydrogen) atoms. The van der Waals surface area contributed by atoms with Crippen molar-refractivity contribution in [2.45, 2.75) is 44.6 Å². The molecule has 2 aromatic carbocycles.